The maximum atomic E-state index is 12.3. The lowest BCUT2D eigenvalue weighted by molar-refractivity contribution is 0.171. The van der Waals surface area contributed by atoms with E-state index < -0.39 is 10.0 Å². The summed E-state index contributed by atoms with van der Waals surface area (Å²) < 4.78 is 38.2. The first kappa shape index (κ1) is 17.4. The number of rotatable bonds is 5. The highest BCUT2D eigenvalue weighted by Crippen LogP contribution is 2.31. The molecule has 24 heavy (non-hydrogen) atoms. The molecule has 0 fully saturated rings. The van der Waals surface area contributed by atoms with E-state index in [1.807, 2.05) is 18.2 Å². The van der Waals surface area contributed by atoms with Gasteiger partial charge in [0.1, 0.15) is 18.1 Å². The van der Waals surface area contributed by atoms with Crippen molar-refractivity contribution in [2.45, 2.75) is 11.3 Å². The fraction of sp³-hybridized carbons (Fsp3) is 0.250. The molecule has 8 heteroatoms. The number of ether oxygens (including phenoxy) is 2. The van der Waals surface area contributed by atoms with E-state index in [1.165, 1.54) is 12.1 Å². The lowest BCUT2D eigenvalue weighted by Crippen LogP contribution is -2.26. The summed E-state index contributed by atoms with van der Waals surface area (Å²) in [5, 5.41) is 0.220. The zero-order valence-electron chi connectivity index (χ0n) is 12.6. The predicted octanol–water partition coefficient (Wildman–Crippen LogP) is 3.29. The van der Waals surface area contributed by atoms with Crippen LogP contribution in [0.25, 0.3) is 0 Å². The Morgan fingerprint density at radius 1 is 1.04 bits per heavy atom. The van der Waals surface area contributed by atoms with Gasteiger partial charge in [0.05, 0.1) is 10.0 Å². The smallest absolute Gasteiger partial charge is 0.242 e. The van der Waals surface area contributed by atoms with E-state index in [4.69, 9.17) is 32.7 Å². The summed E-state index contributed by atoms with van der Waals surface area (Å²) in [6, 6.07) is 10.1. The van der Waals surface area contributed by atoms with Crippen LogP contribution < -0.4 is 14.2 Å². The van der Waals surface area contributed by atoms with Crippen LogP contribution >= 0.6 is 23.2 Å². The third kappa shape index (κ3) is 3.78. The summed E-state index contributed by atoms with van der Waals surface area (Å²) in [6.45, 7) is 1.27. The summed E-state index contributed by atoms with van der Waals surface area (Å²) in [7, 11) is -3.72. The molecular formula is C16H15Cl2NO4S. The number of hydrogen-bond acceptors (Lipinski definition) is 4. The van der Waals surface area contributed by atoms with Gasteiger partial charge >= 0.3 is 0 Å². The molecule has 128 valence electrons. The standard InChI is InChI=1S/C16H15Cl2NO4S/c17-12-2-1-3-15(16(12)18)24(20,21)19-7-6-11-4-5-13-14(10-11)23-9-8-22-13/h1-5,10,19H,6-9H2. The monoisotopic (exact) mass is 387 g/mol. The van der Waals surface area contributed by atoms with Gasteiger partial charge in [0, 0.05) is 6.54 Å². The van der Waals surface area contributed by atoms with Gasteiger partial charge in [-0.3, -0.25) is 0 Å². The minimum atomic E-state index is -3.72. The fourth-order valence-corrected chi connectivity index (χ4v) is 4.13. The van der Waals surface area contributed by atoms with E-state index in [-0.39, 0.29) is 21.5 Å². The summed E-state index contributed by atoms with van der Waals surface area (Å²) in [6.07, 6.45) is 0.508. The molecular weight excluding hydrogens is 373 g/mol. The van der Waals surface area contributed by atoms with Gasteiger partial charge in [-0.1, -0.05) is 35.3 Å². The highest BCUT2D eigenvalue weighted by atomic mass is 35.5. The second-order valence-corrected chi connectivity index (χ2v) is 7.70. The van der Waals surface area contributed by atoms with E-state index in [9.17, 15) is 8.42 Å². The van der Waals surface area contributed by atoms with Crippen LogP contribution in [-0.2, 0) is 16.4 Å². The van der Waals surface area contributed by atoms with Crippen LogP contribution in [-0.4, -0.2) is 28.2 Å². The van der Waals surface area contributed by atoms with Crippen molar-refractivity contribution in [2.75, 3.05) is 19.8 Å². The first-order valence-corrected chi connectivity index (χ1v) is 9.53. The molecule has 0 amide bonds. The molecule has 1 N–H and O–H groups in total. The van der Waals surface area contributed by atoms with Gasteiger partial charge < -0.3 is 9.47 Å². The Balaban J connectivity index is 1.66. The first-order valence-electron chi connectivity index (χ1n) is 7.29. The van der Waals surface area contributed by atoms with Gasteiger partial charge in [-0.25, -0.2) is 13.1 Å². The molecule has 0 spiro atoms. The maximum absolute atomic E-state index is 12.3. The number of sulfonamides is 1. The van der Waals surface area contributed by atoms with Crippen molar-refractivity contribution >= 4 is 33.2 Å². The van der Waals surface area contributed by atoms with Crippen LogP contribution in [0.2, 0.25) is 10.0 Å². The zero-order valence-corrected chi connectivity index (χ0v) is 14.9. The molecule has 3 rings (SSSR count). The minimum absolute atomic E-state index is 0.0194. The third-order valence-corrected chi connectivity index (χ3v) is 5.95. The van der Waals surface area contributed by atoms with Crippen molar-refractivity contribution in [3.63, 3.8) is 0 Å². The van der Waals surface area contributed by atoms with Crippen LogP contribution in [0.5, 0.6) is 11.5 Å². The molecule has 0 bridgehead atoms. The molecule has 0 atom stereocenters. The van der Waals surface area contributed by atoms with Crippen LogP contribution in [0.15, 0.2) is 41.3 Å². The Bertz CT molecular complexity index is 855. The Morgan fingerprint density at radius 2 is 1.79 bits per heavy atom. The van der Waals surface area contributed by atoms with Crippen LogP contribution in [0, 0.1) is 0 Å². The van der Waals surface area contributed by atoms with Crippen LogP contribution in [0.4, 0.5) is 0 Å². The Morgan fingerprint density at radius 3 is 2.58 bits per heavy atom. The van der Waals surface area contributed by atoms with Gasteiger partial charge in [0.2, 0.25) is 10.0 Å². The summed E-state index contributed by atoms with van der Waals surface area (Å²) in [4.78, 5) is -0.0289. The van der Waals surface area contributed by atoms with E-state index in [0.29, 0.717) is 31.1 Å². The van der Waals surface area contributed by atoms with Crippen molar-refractivity contribution < 1.29 is 17.9 Å². The molecule has 2 aromatic rings. The van der Waals surface area contributed by atoms with Crippen molar-refractivity contribution in [3.05, 3.63) is 52.0 Å². The molecule has 1 aliphatic heterocycles. The topological polar surface area (TPSA) is 64.6 Å². The van der Waals surface area contributed by atoms with Gasteiger partial charge in [-0.2, -0.15) is 0 Å². The largest absolute Gasteiger partial charge is 0.486 e. The number of hydrogen-bond donors (Lipinski definition) is 1. The number of nitrogens with one attached hydrogen (secondary N) is 1. The van der Waals surface area contributed by atoms with Gasteiger partial charge in [0.15, 0.2) is 11.5 Å². The molecule has 5 nitrogen and oxygen atoms in total. The first-order chi connectivity index (χ1) is 11.5. The fourth-order valence-electron chi connectivity index (χ4n) is 2.34. The van der Waals surface area contributed by atoms with Crippen LogP contribution in [0.3, 0.4) is 0 Å². The van der Waals surface area contributed by atoms with Gasteiger partial charge in [0.25, 0.3) is 0 Å². The van der Waals surface area contributed by atoms with Crippen LogP contribution in [0.1, 0.15) is 5.56 Å². The zero-order chi connectivity index (χ0) is 17.2. The van der Waals surface area contributed by atoms with Crippen molar-refractivity contribution in [2.24, 2.45) is 0 Å². The highest BCUT2D eigenvalue weighted by Gasteiger charge is 2.19. The van der Waals surface area contributed by atoms with Gasteiger partial charge in [-0.15, -0.1) is 0 Å². The number of benzene rings is 2. The van der Waals surface area contributed by atoms with Crippen molar-refractivity contribution in [3.8, 4) is 11.5 Å². The molecule has 1 heterocycles. The average molecular weight is 388 g/mol. The summed E-state index contributed by atoms with van der Waals surface area (Å²) in [5.41, 5.74) is 0.944. The summed E-state index contributed by atoms with van der Waals surface area (Å²) >= 11 is 11.8. The maximum Gasteiger partial charge on any atom is 0.242 e. The average Bonchev–Trinajstić information content (AvgIpc) is 2.57. The Kier molecular flexibility index (Phi) is 5.20. The lowest BCUT2D eigenvalue weighted by Gasteiger charge is -2.18. The molecule has 0 aromatic heterocycles. The van der Waals surface area contributed by atoms with E-state index in [2.05, 4.69) is 4.72 Å². The normalized spacial score (nSPS) is 13.8. The van der Waals surface area contributed by atoms with Crippen molar-refractivity contribution in [1.82, 2.24) is 4.72 Å². The molecule has 0 saturated carbocycles. The SMILES string of the molecule is O=S(=O)(NCCc1ccc2c(c1)OCCO2)c1cccc(Cl)c1Cl. The third-order valence-electron chi connectivity index (χ3n) is 3.52. The lowest BCUT2D eigenvalue weighted by atomic mass is 10.1. The predicted molar refractivity (Wildman–Crippen MR) is 92.8 cm³/mol. The van der Waals surface area contributed by atoms with Crippen molar-refractivity contribution in [1.29, 1.82) is 0 Å². The van der Waals surface area contributed by atoms with Gasteiger partial charge in [-0.05, 0) is 36.2 Å². The van der Waals surface area contributed by atoms with E-state index in [0.717, 1.165) is 5.56 Å². The molecule has 1 aliphatic rings. The Hall–Kier alpha value is -1.47. The van der Waals surface area contributed by atoms with E-state index in [1.54, 1.807) is 6.07 Å². The molecule has 2 aromatic carbocycles. The second kappa shape index (κ2) is 7.19. The molecule has 0 aliphatic carbocycles. The minimum Gasteiger partial charge on any atom is -0.486 e. The second-order valence-electron chi connectivity index (χ2n) is 5.18. The number of fused-ring (bicyclic) bond motifs is 1. The molecule has 0 unspecified atom stereocenters. The molecule has 0 saturated heterocycles. The Labute approximate surface area is 150 Å². The van der Waals surface area contributed by atoms with E-state index >= 15 is 0 Å². The highest BCUT2D eigenvalue weighted by molar-refractivity contribution is 7.89. The molecule has 0 radical (unpaired) electrons. The quantitative estimate of drug-likeness (QED) is 0.854. The summed E-state index contributed by atoms with van der Waals surface area (Å²) in [5.74, 6) is 1.38. The number of halogens is 2.